The summed E-state index contributed by atoms with van der Waals surface area (Å²) in [5.74, 6) is 0. The summed E-state index contributed by atoms with van der Waals surface area (Å²) in [5, 5.41) is 0. The van der Waals surface area contributed by atoms with Crippen LogP contribution in [-0.2, 0) is 4.74 Å². The van der Waals surface area contributed by atoms with Crippen LogP contribution < -0.4 is 5.73 Å². The van der Waals surface area contributed by atoms with Gasteiger partial charge in [-0.3, -0.25) is 4.90 Å². The van der Waals surface area contributed by atoms with E-state index in [2.05, 4.69) is 25.7 Å². The Balaban J connectivity index is 2.61. The van der Waals surface area contributed by atoms with Crippen LogP contribution in [0.25, 0.3) is 0 Å². The molecule has 0 aliphatic carbocycles. The first-order valence-corrected chi connectivity index (χ1v) is 5.37. The molecule has 0 amide bonds. The van der Waals surface area contributed by atoms with Gasteiger partial charge in [0.15, 0.2) is 0 Å². The third-order valence-electron chi connectivity index (χ3n) is 2.84. The highest BCUT2D eigenvalue weighted by Crippen LogP contribution is 2.21. The van der Waals surface area contributed by atoms with E-state index in [9.17, 15) is 0 Å². The van der Waals surface area contributed by atoms with Crippen LogP contribution in [0.2, 0.25) is 0 Å². The van der Waals surface area contributed by atoms with E-state index >= 15 is 0 Å². The van der Waals surface area contributed by atoms with Crippen LogP contribution in [0.15, 0.2) is 0 Å². The largest absolute Gasteiger partial charge is 0.374 e. The maximum atomic E-state index is 6.06. The molecule has 1 fully saturated rings. The maximum absolute atomic E-state index is 6.06. The molecule has 0 bridgehead atoms. The van der Waals surface area contributed by atoms with Gasteiger partial charge < -0.3 is 10.5 Å². The highest BCUT2D eigenvalue weighted by Gasteiger charge is 2.34. The van der Waals surface area contributed by atoms with Crippen molar-refractivity contribution in [2.45, 2.75) is 51.8 Å². The van der Waals surface area contributed by atoms with Crippen LogP contribution in [0.5, 0.6) is 0 Å². The molecule has 0 aromatic carbocycles. The molecule has 1 saturated heterocycles. The molecule has 14 heavy (non-hydrogen) atoms. The van der Waals surface area contributed by atoms with Crippen LogP contribution in [-0.4, -0.2) is 41.8 Å². The zero-order valence-electron chi connectivity index (χ0n) is 10.1. The highest BCUT2D eigenvalue weighted by atomic mass is 16.5. The van der Waals surface area contributed by atoms with Crippen molar-refractivity contribution in [1.29, 1.82) is 0 Å². The summed E-state index contributed by atoms with van der Waals surface area (Å²) in [6.07, 6.45) is 0.149. The highest BCUT2D eigenvalue weighted by molar-refractivity contribution is 4.91. The molecular weight excluding hydrogens is 176 g/mol. The lowest BCUT2D eigenvalue weighted by Gasteiger charge is -2.45. The van der Waals surface area contributed by atoms with Crippen molar-refractivity contribution >= 4 is 0 Å². The summed E-state index contributed by atoms with van der Waals surface area (Å²) in [7, 11) is 0. The predicted molar refractivity (Wildman–Crippen MR) is 59.3 cm³/mol. The molecule has 84 valence electrons. The second kappa shape index (κ2) is 3.80. The van der Waals surface area contributed by atoms with Gasteiger partial charge in [-0.1, -0.05) is 0 Å². The van der Waals surface area contributed by atoms with E-state index in [4.69, 9.17) is 10.5 Å². The van der Waals surface area contributed by atoms with E-state index in [0.29, 0.717) is 0 Å². The molecule has 1 aliphatic rings. The van der Waals surface area contributed by atoms with Crippen molar-refractivity contribution < 1.29 is 4.74 Å². The molecule has 1 unspecified atom stereocenters. The Labute approximate surface area is 87.6 Å². The van der Waals surface area contributed by atoms with Gasteiger partial charge in [0.25, 0.3) is 0 Å². The molecule has 1 aliphatic heterocycles. The van der Waals surface area contributed by atoms with Gasteiger partial charge in [-0.25, -0.2) is 0 Å². The molecule has 2 N–H and O–H groups in total. The van der Waals surface area contributed by atoms with Crippen molar-refractivity contribution in [2.24, 2.45) is 5.73 Å². The van der Waals surface area contributed by atoms with E-state index in [1.165, 1.54) is 0 Å². The fourth-order valence-corrected chi connectivity index (χ4v) is 1.71. The molecule has 1 atom stereocenters. The Morgan fingerprint density at radius 2 is 1.79 bits per heavy atom. The van der Waals surface area contributed by atoms with Gasteiger partial charge in [-0.05, 0) is 34.6 Å². The van der Waals surface area contributed by atoms with Gasteiger partial charge in [0.05, 0.1) is 12.7 Å². The molecule has 1 heterocycles. The lowest BCUT2D eigenvalue weighted by molar-refractivity contribution is -0.0826. The van der Waals surface area contributed by atoms with Crippen molar-refractivity contribution in [3.8, 4) is 0 Å². The molecule has 3 nitrogen and oxygen atoms in total. The van der Waals surface area contributed by atoms with Crippen molar-refractivity contribution in [3.63, 3.8) is 0 Å². The van der Waals surface area contributed by atoms with E-state index in [1.54, 1.807) is 0 Å². The van der Waals surface area contributed by atoms with Crippen LogP contribution in [0.4, 0.5) is 0 Å². The number of morpholine rings is 1. The van der Waals surface area contributed by atoms with Crippen LogP contribution in [0, 0.1) is 0 Å². The number of nitrogens with zero attached hydrogens (tertiary/aromatic N) is 1. The van der Waals surface area contributed by atoms with Crippen molar-refractivity contribution in [2.75, 3.05) is 19.7 Å². The first kappa shape index (κ1) is 12.0. The third-order valence-corrected chi connectivity index (χ3v) is 2.84. The summed E-state index contributed by atoms with van der Waals surface area (Å²) in [4.78, 5) is 2.44. The molecule has 0 radical (unpaired) electrons. The minimum Gasteiger partial charge on any atom is -0.374 e. The van der Waals surface area contributed by atoms with E-state index in [-0.39, 0.29) is 17.2 Å². The van der Waals surface area contributed by atoms with Gasteiger partial charge in [-0.15, -0.1) is 0 Å². The lowest BCUT2D eigenvalue weighted by Crippen LogP contribution is -2.59. The summed E-state index contributed by atoms with van der Waals surface area (Å²) in [5.41, 5.74) is 6.03. The van der Waals surface area contributed by atoms with Gasteiger partial charge in [0.2, 0.25) is 0 Å². The first-order valence-electron chi connectivity index (χ1n) is 5.37. The van der Waals surface area contributed by atoms with E-state index < -0.39 is 0 Å². The second-order valence-electron chi connectivity index (χ2n) is 5.80. The van der Waals surface area contributed by atoms with Crippen molar-refractivity contribution in [1.82, 2.24) is 4.90 Å². The summed E-state index contributed by atoms with van der Waals surface area (Å²) >= 11 is 0. The normalized spacial score (nSPS) is 26.6. The smallest absolute Gasteiger partial charge is 0.0876 e. The van der Waals surface area contributed by atoms with Crippen molar-refractivity contribution in [3.05, 3.63) is 0 Å². The number of rotatable bonds is 1. The Kier molecular flexibility index (Phi) is 3.24. The van der Waals surface area contributed by atoms with Gasteiger partial charge in [0.1, 0.15) is 0 Å². The minimum atomic E-state index is -0.246. The summed E-state index contributed by atoms with van der Waals surface area (Å²) in [6, 6.07) is 0. The quantitative estimate of drug-likeness (QED) is 0.692. The van der Waals surface area contributed by atoms with Gasteiger partial charge in [0, 0.05) is 24.2 Å². The summed E-state index contributed by atoms with van der Waals surface area (Å²) in [6.45, 7) is 13.5. The van der Waals surface area contributed by atoms with Crippen LogP contribution >= 0.6 is 0 Å². The number of nitrogens with two attached hydrogens (primary N) is 1. The summed E-state index contributed by atoms with van der Waals surface area (Å²) < 4.78 is 5.70. The zero-order valence-corrected chi connectivity index (χ0v) is 10.1. The average Bonchev–Trinajstić information content (AvgIpc) is 2.01. The second-order valence-corrected chi connectivity index (χ2v) is 5.80. The molecule has 1 rings (SSSR count). The fourth-order valence-electron chi connectivity index (χ4n) is 1.71. The topological polar surface area (TPSA) is 38.5 Å². The molecular formula is C11H24N2O. The monoisotopic (exact) mass is 200 g/mol. The first-order chi connectivity index (χ1) is 6.21. The van der Waals surface area contributed by atoms with E-state index in [1.807, 2.05) is 13.8 Å². The Hall–Kier alpha value is -0.120. The van der Waals surface area contributed by atoms with E-state index in [0.717, 1.165) is 19.7 Å². The van der Waals surface area contributed by atoms with Gasteiger partial charge >= 0.3 is 0 Å². The number of hydrogen-bond donors (Lipinski definition) is 1. The molecule has 0 aromatic rings. The Morgan fingerprint density at radius 3 is 2.21 bits per heavy atom. The average molecular weight is 200 g/mol. The predicted octanol–water partition coefficient (Wildman–Crippen LogP) is 1.22. The fraction of sp³-hybridized carbons (Fsp3) is 1.00. The maximum Gasteiger partial charge on any atom is 0.0876 e. The zero-order chi connectivity index (χ0) is 11.0. The molecule has 0 saturated carbocycles. The lowest BCUT2D eigenvalue weighted by atomic mass is 9.95. The standard InChI is InChI=1S/C11H24N2O/c1-10(2,3)13-6-7-14-9(8-13)11(4,5)12/h9H,6-8,12H2,1-5H3. The SMILES string of the molecule is CC(C)(N)C1CN(C(C)(C)C)CCO1. The number of ether oxygens (including phenoxy) is 1. The third kappa shape index (κ3) is 2.94. The molecule has 0 spiro atoms. The van der Waals surface area contributed by atoms with Crippen LogP contribution in [0.1, 0.15) is 34.6 Å². The van der Waals surface area contributed by atoms with Gasteiger partial charge in [-0.2, -0.15) is 0 Å². The Morgan fingerprint density at radius 1 is 1.21 bits per heavy atom. The minimum absolute atomic E-state index is 0.149. The van der Waals surface area contributed by atoms with Crippen LogP contribution in [0.3, 0.4) is 0 Å². The Bertz CT molecular complexity index is 170. The molecule has 3 heteroatoms. The molecule has 0 aromatic heterocycles. The number of hydrogen-bond acceptors (Lipinski definition) is 3.